The van der Waals surface area contributed by atoms with Crippen molar-refractivity contribution in [2.75, 3.05) is 39.3 Å². The highest BCUT2D eigenvalue weighted by Gasteiger charge is 2.34. The van der Waals surface area contributed by atoms with Crippen LogP contribution in [-0.2, 0) is 9.53 Å². The standard InChI is InChI=1S/C11H22N4O3/c1-11(2,15-6-3-13-4-7-15)9(16)14-5-8-18-10(12)17/h13H,3-8H2,1-2H3,(H2,12,17)(H,14,16). The molecule has 7 heteroatoms. The Kier molecular flexibility index (Phi) is 5.36. The highest BCUT2D eigenvalue weighted by molar-refractivity contribution is 5.85. The molecule has 0 unspecified atom stereocenters. The Bertz CT molecular complexity index is 301. The Morgan fingerprint density at radius 3 is 2.56 bits per heavy atom. The molecule has 1 heterocycles. The van der Waals surface area contributed by atoms with Gasteiger partial charge in [-0.25, -0.2) is 4.79 Å². The molecule has 18 heavy (non-hydrogen) atoms. The second-order valence-corrected chi connectivity index (χ2v) is 4.72. The van der Waals surface area contributed by atoms with E-state index in [9.17, 15) is 9.59 Å². The van der Waals surface area contributed by atoms with Gasteiger partial charge in [-0.2, -0.15) is 0 Å². The molecule has 0 aromatic carbocycles. The molecule has 0 bridgehead atoms. The molecule has 0 radical (unpaired) electrons. The van der Waals surface area contributed by atoms with Crippen LogP contribution in [0.2, 0.25) is 0 Å². The van der Waals surface area contributed by atoms with Crippen molar-refractivity contribution in [2.24, 2.45) is 5.73 Å². The van der Waals surface area contributed by atoms with Crippen molar-refractivity contribution in [2.45, 2.75) is 19.4 Å². The third kappa shape index (κ3) is 4.15. The van der Waals surface area contributed by atoms with Crippen molar-refractivity contribution in [1.82, 2.24) is 15.5 Å². The Hall–Kier alpha value is -1.34. The van der Waals surface area contributed by atoms with Gasteiger partial charge in [0.05, 0.1) is 12.1 Å². The van der Waals surface area contributed by atoms with Gasteiger partial charge in [0.25, 0.3) is 0 Å². The number of ether oxygens (including phenoxy) is 1. The molecule has 7 nitrogen and oxygen atoms in total. The van der Waals surface area contributed by atoms with E-state index in [2.05, 4.69) is 20.3 Å². The number of rotatable bonds is 5. The molecule has 1 fully saturated rings. The van der Waals surface area contributed by atoms with Gasteiger partial charge in [0.2, 0.25) is 5.91 Å². The number of nitrogens with one attached hydrogen (secondary N) is 2. The quantitative estimate of drug-likeness (QED) is 0.543. The Balaban J connectivity index is 2.36. The highest BCUT2D eigenvalue weighted by Crippen LogP contribution is 2.14. The summed E-state index contributed by atoms with van der Waals surface area (Å²) in [5, 5.41) is 5.99. The molecule has 1 aliphatic heterocycles. The van der Waals surface area contributed by atoms with Gasteiger partial charge in [-0.15, -0.1) is 0 Å². The van der Waals surface area contributed by atoms with Gasteiger partial charge in [-0.1, -0.05) is 0 Å². The monoisotopic (exact) mass is 258 g/mol. The van der Waals surface area contributed by atoms with E-state index in [4.69, 9.17) is 5.73 Å². The molecule has 0 aromatic heterocycles. The highest BCUT2D eigenvalue weighted by atomic mass is 16.5. The molecule has 1 aliphatic rings. The average Bonchev–Trinajstić information content (AvgIpc) is 2.35. The first-order chi connectivity index (χ1) is 8.44. The number of hydrogen-bond acceptors (Lipinski definition) is 5. The van der Waals surface area contributed by atoms with Crippen LogP contribution in [0.25, 0.3) is 0 Å². The topological polar surface area (TPSA) is 96.7 Å². The van der Waals surface area contributed by atoms with E-state index in [0.717, 1.165) is 26.2 Å². The first-order valence-electron chi connectivity index (χ1n) is 6.11. The summed E-state index contributed by atoms with van der Waals surface area (Å²) in [5.41, 5.74) is 4.26. The van der Waals surface area contributed by atoms with Crippen LogP contribution in [0.5, 0.6) is 0 Å². The predicted molar refractivity (Wildman–Crippen MR) is 67.1 cm³/mol. The van der Waals surface area contributed by atoms with E-state index in [-0.39, 0.29) is 19.1 Å². The molecule has 1 rings (SSSR count). The minimum absolute atomic E-state index is 0.0718. The van der Waals surface area contributed by atoms with E-state index >= 15 is 0 Å². The molecule has 0 spiro atoms. The number of amides is 2. The van der Waals surface area contributed by atoms with Crippen LogP contribution < -0.4 is 16.4 Å². The lowest BCUT2D eigenvalue weighted by Crippen LogP contribution is -2.60. The van der Waals surface area contributed by atoms with Crippen LogP contribution in [0.1, 0.15) is 13.8 Å². The number of carbonyl (C=O) groups excluding carboxylic acids is 2. The summed E-state index contributed by atoms with van der Waals surface area (Å²) in [6, 6.07) is 0. The molecule has 2 amide bonds. The number of hydrogen-bond donors (Lipinski definition) is 3. The zero-order valence-electron chi connectivity index (χ0n) is 11.0. The third-order valence-corrected chi connectivity index (χ3v) is 3.10. The summed E-state index contributed by atoms with van der Waals surface area (Å²) in [5.74, 6) is -0.0718. The van der Waals surface area contributed by atoms with Crippen molar-refractivity contribution in [3.63, 3.8) is 0 Å². The molecule has 0 aromatic rings. The fraction of sp³-hybridized carbons (Fsp3) is 0.818. The molecule has 0 saturated carbocycles. The lowest BCUT2D eigenvalue weighted by Gasteiger charge is -2.39. The molecule has 1 saturated heterocycles. The van der Waals surface area contributed by atoms with Crippen molar-refractivity contribution in [3.8, 4) is 0 Å². The molecule has 0 aliphatic carbocycles. The van der Waals surface area contributed by atoms with Gasteiger partial charge in [0.1, 0.15) is 6.61 Å². The summed E-state index contributed by atoms with van der Waals surface area (Å²) < 4.78 is 4.55. The number of nitrogens with zero attached hydrogens (tertiary/aromatic N) is 1. The van der Waals surface area contributed by atoms with Crippen molar-refractivity contribution < 1.29 is 14.3 Å². The predicted octanol–water partition coefficient (Wildman–Crippen LogP) is -1.12. The van der Waals surface area contributed by atoms with Crippen molar-refractivity contribution in [3.05, 3.63) is 0 Å². The Morgan fingerprint density at radius 2 is 2.00 bits per heavy atom. The van der Waals surface area contributed by atoms with Crippen LogP contribution in [0, 0.1) is 0 Å². The lowest BCUT2D eigenvalue weighted by atomic mass is 10.0. The first kappa shape index (κ1) is 14.7. The molecule has 104 valence electrons. The maximum absolute atomic E-state index is 12.1. The fourth-order valence-electron chi connectivity index (χ4n) is 1.90. The molecular formula is C11H22N4O3. The smallest absolute Gasteiger partial charge is 0.404 e. The molecular weight excluding hydrogens is 236 g/mol. The zero-order chi connectivity index (χ0) is 13.6. The second kappa shape index (κ2) is 6.55. The van der Waals surface area contributed by atoms with Crippen molar-refractivity contribution in [1.29, 1.82) is 0 Å². The fourth-order valence-corrected chi connectivity index (χ4v) is 1.90. The van der Waals surface area contributed by atoms with Gasteiger partial charge in [-0.3, -0.25) is 9.69 Å². The van der Waals surface area contributed by atoms with Crippen LogP contribution in [0.15, 0.2) is 0 Å². The van der Waals surface area contributed by atoms with Gasteiger partial charge in [0, 0.05) is 26.2 Å². The Morgan fingerprint density at radius 1 is 1.39 bits per heavy atom. The summed E-state index contributed by atoms with van der Waals surface area (Å²) in [7, 11) is 0. The number of primary amides is 1. The molecule has 0 atom stereocenters. The van der Waals surface area contributed by atoms with E-state index < -0.39 is 11.6 Å². The third-order valence-electron chi connectivity index (χ3n) is 3.10. The normalized spacial score (nSPS) is 17.2. The van der Waals surface area contributed by atoms with Crippen molar-refractivity contribution >= 4 is 12.0 Å². The zero-order valence-corrected chi connectivity index (χ0v) is 11.0. The van der Waals surface area contributed by atoms with Gasteiger partial charge < -0.3 is 21.1 Å². The average molecular weight is 258 g/mol. The van der Waals surface area contributed by atoms with E-state index in [1.807, 2.05) is 13.8 Å². The SMILES string of the molecule is CC(C)(C(=O)NCCOC(N)=O)N1CCNCC1. The lowest BCUT2D eigenvalue weighted by molar-refractivity contribution is -0.132. The first-order valence-corrected chi connectivity index (χ1v) is 6.11. The van der Waals surface area contributed by atoms with E-state index in [1.165, 1.54) is 0 Å². The minimum atomic E-state index is -0.828. The van der Waals surface area contributed by atoms with Crippen LogP contribution >= 0.6 is 0 Å². The number of piperazine rings is 1. The Labute approximate surface area is 107 Å². The van der Waals surface area contributed by atoms with Crippen LogP contribution in [0.4, 0.5) is 4.79 Å². The minimum Gasteiger partial charge on any atom is -0.448 e. The maximum atomic E-state index is 12.1. The van der Waals surface area contributed by atoms with Gasteiger partial charge in [0.15, 0.2) is 0 Å². The number of carbonyl (C=O) groups is 2. The van der Waals surface area contributed by atoms with Crippen LogP contribution in [0.3, 0.4) is 0 Å². The second-order valence-electron chi connectivity index (χ2n) is 4.72. The largest absolute Gasteiger partial charge is 0.448 e. The summed E-state index contributed by atoms with van der Waals surface area (Å²) in [6.07, 6.45) is -0.828. The van der Waals surface area contributed by atoms with Gasteiger partial charge in [-0.05, 0) is 13.8 Å². The summed E-state index contributed by atoms with van der Waals surface area (Å²) in [4.78, 5) is 24.6. The van der Waals surface area contributed by atoms with E-state index in [1.54, 1.807) is 0 Å². The van der Waals surface area contributed by atoms with Gasteiger partial charge >= 0.3 is 6.09 Å². The summed E-state index contributed by atoms with van der Waals surface area (Å²) >= 11 is 0. The van der Waals surface area contributed by atoms with Crippen LogP contribution in [-0.4, -0.2) is 61.8 Å². The maximum Gasteiger partial charge on any atom is 0.404 e. The molecule has 4 N–H and O–H groups in total. The summed E-state index contributed by atoms with van der Waals surface area (Å²) in [6.45, 7) is 7.63. The van der Waals surface area contributed by atoms with E-state index in [0.29, 0.717) is 0 Å². The number of nitrogens with two attached hydrogens (primary N) is 1.